The summed E-state index contributed by atoms with van der Waals surface area (Å²) in [4.78, 5) is 19.7. The maximum Gasteiger partial charge on any atom is 0.319 e. The second-order valence-corrected chi connectivity index (χ2v) is 7.47. The van der Waals surface area contributed by atoms with Crippen LogP contribution in [0.1, 0.15) is 12.1 Å². The maximum atomic E-state index is 11.9. The summed E-state index contributed by atoms with van der Waals surface area (Å²) in [6.07, 6.45) is 3.09. The minimum absolute atomic E-state index is 0.110. The highest BCUT2D eigenvalue weighted by Gasteiger charge is 2.51. The number of pyridine rings is 1. The fourth-order valence-corrected chi connectivity index (χ4v) is 4.44. The molecule has 3 rings (SSSR count). The molecule has 21 heavy (non-hydrogen) atoms. The fourth-order valence-electron chi connectivity index (χ4n) is 2.88. The van der Waals surface area contributed by atoms with E-state index in [0.29, 0.717) is 6.61 Å². The van der Waals surface area contributed by atoms with Gasteiger partial charge in [-0.3, -0.25) is 4.98 Å². The minimum Gasteiger partial charge on any atom is -0.371 e. The first-order valence-electron chi connectivity index (χ1n) is 7.20. The van der Waals surface area contributed by atoms with Crippen LogP contribution in [0, 0.1) is 0 Å². The van der Waals surface area contributed by atoms with Crippen LogP contribution in [0.15, 0.2) is 24.4 Å². The molecule has 114 valence electrons. The molecule has 1 atom stereocenters. The van der Waals surface area contributed by atoms with Gasteiger partial charge in [-0.25, -0.2) is 4.79 Å². The molecule has 6 heteroatoms. The van der Waals surface area contributed by atoms with Gasteiger partial charge in [0.2, 0.25) is 0 Å². The van der Waals surface area contributed by atoms with Crippen molar-refractivity contribution in [2.45, 2.75) is 23.9 Å². The molecule has 2 fully saturated rings. The number of ether oxygens (including phenoxy) is 1. The van der Waals surface area contributed by atoms with Gasteiger partial charge in [0.05, 0.1) is 23.2 Å². The maximum absolute atomic E-state index is 11.9. The molecule has 2 saturated heterocycles. The molecule has 1 aromatic rings. The van der Waals surface area contributed by atoms with E-state index in [4.69, 9.17) is 4.74 Å². The van der Waals surface area contributed by atoms with E-state index in [1.807, 2.05) is 34.9 Å². The van der Waals surface area contributed by atoms with Crippen molar-refractivity contribution in [1.82, 2.24) is 14.8 Å². The smallest absolute Gasteiger partial charge is 0.319 e. The SMILES string of the molecule is CN(C)C(=O)N1CC2(C[C@@H](OCc3ccccn3)CS2)C1. The van der Waals surface area contributed by atoms with Crippen LogP contribution in [-0.4, -0.2) is 64.6 Å². The van der Waals surface area contributed by atoms with Crippen LogP contribution < -0.4 is 0 Å². The molecule has 0 radical (unpaired) electrons. The molecule has 0 unspecified atom stereocenters. The van der Waals surface area contributed by atoms with Crippen molar-refractivity contribution in [2.24, 2.45) is 0 Å². The number of nitrogens with zero attached hydrogens (tertiary/aromatic N) is 3. The number of aromatic nitrogens is 1. The Balaban J connectivity index is 1.46. The third-order valence-corrected chi connectivity index (χ3v) is 5.55. The summed E-state index contributed by atoms with van der Waals surface area (Å²) in [6.45, 7) is 2.26. The van der Waals surface area contributed by atoms with Gasteiger partial charge in [-0.05, 0) is 18.6 Å². The summed E-state index contributed by atoms with van der Waals surface area (Å²) >= 11 is 1.95. The molecule has 1 spiro atoms. The highest BCUT2D eigenvalue weighted by Crippen LogP contribution is 2.46. The van der Waals surface area contributed by atoms with Crippen molar-refractivity contribution in [2.75, 3.05) is 32.9 Å². The summed E-state index contributed by atoms with van der Waals surface area (Å²) in [5.41, 5.74) is 0.974. The van der Waals surface area contributed by atoms with Crippen LogP contribution >= 0.6 is 11.8 Å². The molecule has 3 heterocycles. The van der Waals surface area contributed by atoms with E-state index in [2.05, 4.69) is 4.98 Å². The van der Waals surface area contributed by atoms with Gasteiger partial charge in [0.1, 0.15) is 0 Å². The number of carbonyl (C=O) groups excluding carboxylic acids is 1. The Morgan fingerprint density at radius 2 is 2.33 bits per heavy atom. The molecular formula is C15H21N3O2S. The van der Waals surface area contributed by atoms with Crippen LogP contribution in [0.3, 0.4) is 0 Å². The molecular weight excluding hydrogens is 286 g/mol. The van der Waals surface area contributed by atoms with Gasteiger partial charge in [-0.2, -0.15) is 0 Å². The Bertz CT molecular complexity index is 503. The first-order chi connectivity index (χ1) is 10.1. The van der Waals surface area contributed by atoms with Gasteiger partial charge < -0.3 is 14.5 Å². The van der Waals surface area contributed by atoms with Crippen molar-refractivity contribution < 1.29 is 9.53 Å². The van der Waals surface area contributed by atoms with E-state index in [9.17, 15) is 4.79 Å². The quantitative estimate of drug-likeness (QED) is 0.855. The zero-order valence-electron chi connectivity index (χ0n) is 12.5. The molecule has 0 N–H and O–H groups in total. The lowest BCUT2D eigenvalue weighted by atomic mass is 9.93. The summed E-state index contributed by atoms with van der Waals surface area (Å²) in [6, 6.07) is 5.99. The van der Waals surface area contributed by atoms with E-state index in [-0.39, 0.29) is 16.9 Å². The highest BCUT2D eigenvalue weighted by atomic mass is 32.2. The van der Waals surface area contributed by atoms with Gasteiger partial charge in [-0.1, -0.05) is 6.07 Å². The second-order valence-electron chi connectivity index (χ2n) is 5.99. The van der Waals surface area contributed by atoms with E-state index >= 15 is 0 Å². The van der Waals surface area contributed by atoms with Gasteiger partial charge >= 0.3 is 6.03 Å². The molecule has 0 aliphatic carbocycles. The normalized spacial score (nSPS) is 23.1. The van der Waals surface area contributed by atoms with Gasteiger partial charge in [0.25, 0.3) is 0 Å². The van der Waals surface area contributed by atoms with Gasteiger partial charge in [0, 0.05) is 39.1 Å². The lowest BCUT2D eigenvalue weighted by Crippen LogP contribution is -2.62. The van der Waals surface area contributed by atoms with Crippen molar-refractivity contribution in [3.63, 3.8) is 0 Å². The lowest BCUT2D eigenvalue weighted by Gasteiger charge is -2.48. The Hall–Kier alpha value is -1.27. The van der Waals surface area contributed by atoms with Crippen molar-refractivity contribution in [3.8, 4) is 0 Å². The van der Waals surface area contributed by atoms with E-state index in [0.717, 1.165) is 31.0 Å². The van der Waals surface area contributed by atoms with Crippen LogP contribution in [0.25, 0.3) is 0 Å². The molecule has 0 aromatic carbocycles. The Kier molecular flexibility index (Phi) is 4.08. The van der Waals surface area contributed by atoms with Crippen molar-refractivity contribution >= 4 is 17.8 Å². The van der Waals surface area contributed by atoms with Gasteiger partial charge in [0.15, 0.2) is 0 Å². The molecule has 5 nitrogen and oxygen atoms in total. The molecule has 2 aliphatic rings. The zero-order chi connectivity index (χ0) is 14.9. The topological polar surface area (TPSA) is 45.7 Å². The van der Waals surface area contributed by atoms with E-state index in [1.54, 1.807) is 25.2 Å². The Morgan fingerprint density at radius 3 is 3.00 bits per heavy atom. The summed E-state index contributed by atoms with van der Waals surface area (Å²) < 4.78 is 6.19. The summed E-state index contributed by atoms with van der Waals surface area (Å²) in [5, 5.41) is 0. The number of hydrogen-bond donors (Lipinski definition) is 0. The first kappa shape index (κ1) is 14.7. The van der Waals surface area contributed by atoms with Crippen LogP contribution in [0.4, 0.5) is 4.79 Å². The van der Waals surface area contributed by atoms with Crippen LogP contribution in [-0.2, 0) is 11.3 Å². The predicted octanol–water partition coefficient (Wildman–Crippen LogP) is 1.84. The zero-order valence-corrected chi connectivity index (χ0v) is 13.3. The van der Waals surface area contributed by atoms with E-state index in [1.165, 1.54) is 0 Å². The fraction of sp³-hybridized carbons (Fsp3) is 0.600. The number of thioether (sulfide) groups is 1. The average molecular weight is 307 g/mol. The number of urea groups is 1. The molecule has 2 amide bonds. The Morgan fingerprint density at radius 1 is 1.52 bits per heavy atom. The monoisotopic (exact) mass is 307 g/mol. The third kappa shape index (κ3) is 3.16. The molecule has 0 saturated carbocycles. The molecule has 1 aromatic heterocycles. The standard InChI is InChI=1S/C15H21N3O2S/c1-17(2)14(19)18-10-15(11-18)7-13(9-21-15)20-8-12-5-3-4-6-16-12/h3-6,13H,7-11H2,1-2H3/t13-/m1/s1. The van der Waals surface area contributed by atoms with E-state index < -0.39 is 0 Å². The number of likely N-dealkylation sites (tertiary alicyclic amines) is 1. The van der Waals surface area contributed by atoms with Crippen molar-refractivity contribution in [1.29, 1.82) is 0 Å². The van der Waals surface area contributed by atoms with Crippen molar-refractivity contribution in [3.05, 3.63) is 30.1 Å². The van der Waals surface area contributed by atoms with Crippen LogP contribution in [0.5, 0.6) is 0 Å². The number of amides is 2. The highest BCUT2D eigenvalue weighted by molar-refractivity contribution is 8.01. The minimum atomic E-state index is 0.110. The first-order valence-corrected chi connectivity index (χ1v) is 8.18. The average Bonchev–Trinajstić information content (AvgIpc) is 2.88. The molecule has 0 bridgehead atoms. The predicted molar refractivity (Wildman–Crippen MR) is 83.3 cm³/mol. The Labute approximate surface area is 129 Å². The second kappa shape index (κ2) is 5.85. The number of carbonyl (C=O) groups is 1. The van der Waals surface area contributed by atoms with Crippen LogP contribution in [0.2, 0.25) is 0 Å². The molecule has 2 aliphatic heterocycles. The number of hydrogen-bond acceptors (Lipinski definition) is 4. The summed E-state index contributed by atoms with van der Waals surface area (Å²) in [5.74, 6) is 1.01. The van der Waals surface area contributed by atoms with Gasteiger partial charge in [-0.15, -0.1) is 11.8 Å². The largest absolute Gasteiger partial charge is 0.371 e. The number of rotatable bonds is 3. The lowest BCUT2D eigenvalue weighted by molar-refractivity contribution is 0.0311. The third-order valence-electron chi connectivity index (χ3n) is 3.98. The summed E-state index contributed by atoms with van der Waals surface area (Å²) in [7, 11) is 3.60.